The largest absolute Gasteiger partial charge is 0.269 e. The van der Waals surface area contributed by atoms with E-state index in [1.807, 2.05) is 42.5 Å². The first-order chi connectivity index (χ1) is 9.86. The molecule has 20 heavy (non-hydrogen) atoms. The minimum absolute atomic E-state index is 0.0598. The van der Waals surface area contributed by atoms with Crippen LogP contribution in [0.1, 0.15) is 0 Å². The SMILES string of the molecule is O=Pc1cccc(-c2cccc(-c3ccccc3)c2)c1. The van der Waals surface area contributed by atoms with Crippen molar-refractivity contribution in [1.29, 1.82) is 0 Å². The molecule has 0 unspecified atom stereocenters. The third kappa shape index (κ3) is 2.68. The minimum Gasteiger partial charge on any atom is -0.269 e. The lowest BCUT2D eigenvalue weighted by molar-refractivity contribution is 0.603. The van der Waals surface area contributed by atoms with Gasteiger partial charge in [-0.3, -0.25) is 4.57 Å². The smallest absolute Gasteiger partial charge is 0.192 e. The van der Waals surface area contributed by atoms with Crippen LogP contribution in [0.4, 0.5) is 0 Å². The first kappa shape index (κ1) is 12.8. The van der Waals surface area contributed by atoms with Crippen LogP contribution in [0.15, 0.2) is 78.9 Å². The monoisotopic (exact) mass is 276 g/mol. The van der Waals surface area contributed by atoms with E-state index >= 15 is 0 Å². The Morgan fingerprint density at radius 2 is 1.10 bits per heavy atom. The average Bonchev–Trinajstić information content (AvgIpc) is 2.56. The van der Waals surface area contributed by atoms with Gasteiger partial charge in [0, 0.05) is 5.30 Å². The Bertz CT molecular complexity index is 735. The van der Waals surface area contributed by atoms with Gasteiger partial charge in [-0.2, -0.15) is 0 Å². The van der Waals surface area contributed by atoms with Crippen molar-refractivity contribution in [2.45, 2.75) is 0 Å². The van der Waals surface area contributed by atoms with Gasteiger partial charge < -0.3 is 0 Å². The molecule has 3 aromatic rings. The molecule has 0 atom stereocenters. The number of benzene rings is 3. The summed E-state index contributed by atoms with van der Waals surface area (Å²) in [6, 6.07) is 26.5. The normalized spacial score (nSPS) is 10.6. The molecule has 3 aromatic carbocycles. The fraction of sp³-hybridized carbons (Fsp3) is 0. The molecule has 0 radical (unpaired) electrons. The summed E-state index contributed by atoms with van der Waals surface area (Å²) in [5, 5.41) is 0.799. The molecule has 0 aromatic heterocycles. The van der Waals surface area contributed by atoms with Crippen LogP contribution in [-0.2, 0) is 4.57 Å². The zero-order valence-corrected chi connectivity index (χ0v) is 11.8. The van der Waals surface area contributed by atoms with E-state index in [9.17, 15) is 4.57 Å². The summed E-state index contributed by atoms with van der Waals surface area (Å²) in [7, 11) is 0.0598. The summed E-state index contributed by atoms with van der Waals surface area (Å²) in [4.78, 5) is 0. The van der Waals surface area contributed by atoms with Crippen molar-refractivity contribution < 1.29 is 4.57 Å². The maximum Gasteiger partial charge on any atom is 0.192 e. The van der Waals surface area contributed by atoms with Crippen LogP contribution < -0.4 is 5.30 Å². The number of rotatable bonds is 3. The zero-order chi connectivity index (χ0) is 13.8. The van der Waals surface area contributed by atoms with Crippen molar-refractivity contribution in [3.63, 3.8) is 0 Å². The van der Waals surface area contributed by atoms with Crippen LogP contribution in [0, 0.1) is 0 Å². The molecule has 0 saturated carbocycles. The second kappa shape index (κ2) is 5.81. The van der Waals surface area contributed by atoms with Crippen LogP contribution in [0.3, 0.4) is 0 Å². The van der Waals surface area contributed by atoms with Gasteiger partial charge in [-0.15, -0.1) is 0 Å². The average molecular weight is 276 g/mol. The molecule has 96 valence electrons. The molecule has 0 bridgehead atoms. The molecule has 0 spiro atoms. The van der Waals surface area contributed by atoms with Crippen molar-refractivity contribution in [3.05, 3.63) is 78.9 Å². The lowest BCUT2D eigenvalue weighted by Crippen LogP contribution is -1.91. The minimum atomic E-state index is 0.0598. The molecular weight excluding hydrogens is 263 g/mol. The fourth-order valence-corrected chi connectivity index (χ4v) is 2.59. The van der Waals surface area contributed by atoms with Gasteiger partial charge >= 0.3 is 0 Å². The highest BCUT2D eigenvalue weighted by Crippen LogP contribution is 2.26. The Morgan fingerprint density at radius 3 is 1.80 bits per heavy atom. The molecule has 0 amide bonds. The van der Waals surface area contributed by atoms with Crippen LogP contribution in [-0.4, -0.2) is 0 Å². The summed E-state index contributed by atoms with van der Waals surface area (Å²) in [5.41, 5.74) is 4.61. The van der Waals surface area contributed by atoms with Gasteiger partial charge in [0.05, 0.1) is 0 Å². The summed E-state index contributed by atoms with van der Waals surface area (Å²) in [6.45, 7) is 0. The molecule has 0 aliphatic heterocycles. The van der Waals surface area contributed by atoms with Crippen molar-refractivity contribution in [2.75, 3.05) is 0 Å². The van der Waals surface area contributed by atoms with Crippen LogP contribution in [0.5, 0.6) is 0 Å². The van der Waals surface area contributed by atoms with E-state index in [2.05, 4.69) is 36.4 Å². The summed E-state index contributed by atoms with van der Waals surface area (Å²) >= 11 is 0. The first-order valence-electron chi connectivity index (χ1n) is 6.46. The van der Waals surface area contributed by atoms with Crippen molar-refractivity contribution in [2.24, 2.45) is 0 Å². The third-order valence-electron chi connectivity index (χ3n) is 3.25. The van der Waals surface area contributed by atoms with Crippen LogP contribution in [0.25, 0.3) is 22.3 Å². The van der Waals surface area contributed by atoms with E-state index in [-0.39, 0.29) is 8.46 Å². The molecular formula is C18H13OP. The van der Waals surface area contributed by atoms with Gasteiger partial charge in [-0.1, -0.05) is 60.7 Å². The Balaban J connectivity index is 2.05. The van der Waals surface area contributed by atoms with Crippen molar-refractivity contribution in [1.82, 2.24) is 0 Å². The maximum absolute atomic E-state index is 11.0. The topological polar surface area (TPSA) is 17.1 Å². The van der Waals surface area contributed by atoms with E-state index in [0.29, 0.717) is 0 Å². The Labute approximate surface area is 120 Å². The van der Waals surface area contributed by atoms with Gasteiger partial charge in [0.1, 0.15) is 0 Å². The lowest BCUT2D eigenvalue weighted by Gasteiger charge is -2.06. The quantitative estimate of drug-likeness (QED) is 0.619. The first-order valence-corrected chi connectivity index (χ1v) is 7.27. The molecule has 0 aliphatic rings. The van der Waals surface area contributed by atoms with Gasteiger partial charge in [-0.25, -0.2) is 0 Å². The van der Waals surface area contributed by atoms with E-state index in [4.69, 9.17) is 0 Å². The van der Waals surface area contributed by atoms with Gasteiger partial charge in [0.25, 0.3) is 0 Å². The fourth-order valence-electron chi connectivity index (χ4n) is 2.25. The highest BCUT2D eigenvalue weighted by Gasteiger charge is 2.02. The highest BCUT2D eigenvalue weighted by molar-refractivity contribution is 7.34. The molecule has 3 rings (SSSR count). The zero-order valence-electron chi connectivity index (χ0n) is 10.9. The number of hydrogen-bond donors (Lipinski definition) is 0. The Morgan fingerprint density at radius 1 is 0.550 bits per heavy atom. The third-order valence-corrected chi connectivity index (χ3v) is 3.74. The summed E-state index contributed by atoms with van der Waals surface area (Å²) < 4.78 is 11.0. The predicted molar refractivity (Wildman–Crippen MR) is 84.6 cm³/mol. The van der Waals surface area contributed by atoms with E-state index in [1.165, 1.54) is 11.1 Å². The summed E-state index contributed by atoms with van der Waals surface area (Å²) in [5.74, 6) is 0. The van der Waals surface area contributed by atoms with E-state index < -0.39 is 0 Å². The van der Waals surface area contributed by atoms with Gasteiger partial charge in [0.15, 0.2) is 8.46 Å². The molecule has 0 saturated heterocycles. The summed E-state index contributed by atoms with van der Waals surface area (Å²) in [6.07, 6.45) is 0. The second-order valence-corrected chi connectivity index (χ2v) is 5.29. The van der Waals surface area contributed by atoms with E-state index in [1.54, 1.807) is 0 Å². The predicted octanol–water partition coefficient (Wildman–Crippen LogP) is 4.94. The number of hydrogen-bond acceptors (Lipinski definition) is 1. The van der Waals surface area contributed by atoms with Crippen molar-refractivity contribution >= 4 is 13.8 Å². The second-order valence-electron chi connectivity index (χ2n) is 4.59. The molecule has 0 N–H and O–H groups in total. The molecule has 0 aliphatic carbocycles. The standard InChI is InChI=1S/C18H13OP/c19-20-18-11-5-10-17(13-18)16-9-4-8-15(12-16)14-6-2-1-3-7-14/h1-13H. The van der Waals surface area contributed by atoms with Crippen LogP contribution in [0.2, 0.25) is 0 Å². The van der Waals surface area contributed by atoms with E-state index in [0.717, 1.165) is 16.4 Å². The van der Waals surface area contributed by atoms with Crippen LogP contribution >= 0.6 is 8.46 Å². The van der Waals surface area contributed by atoms with Gasteiger partial charge in [0.2, 0.25) is 0 Å². The Hall–Kier alpha value is -2.24. The molecule has 0 fully saturated rings. The molecule has 2 heteroatoms. The highest BCUT2D eigenvalue weighted by atomic mass is 31.1. The lowest BCUT2D eigenvalue weighted by atomic mass is 9.99. The maximum atomic E-state index is 11.0. The Kier molecular flexibility index (Phi) is 3.71. The molecule has 0 heterocycles. The molecule has 1 nitrogen and oxygen atoms in total. The van der Waals surface area contributed by atoms with Gasteiger partial charge in [-0.05, 0) is 40.5 Å². The van der Waals surface area contributed by atoms with Crippen molar-refractivity contribution in [3.8, 4) is 22.3 Å².